The molecule has 17 heavy (non-hydrogen) atoms. The molecule has 1 aliphatic heterocycles. The van der Waals surface area contributed by atoms with Crippen molar-refractivity contribution >= 4 is 44.5 Å². The lowest BCUT2D eigenvalue weighted by Crippen LogP contribution is -2.26. The molecule has 7 heteroatoms. The summed E-state index contributed by atoms with van der Waals surface area (Å²) in [6, 6.07) is 1.98. The Morgan fingerprint density at radius 3 is 3.06 bits per heavy atom. The highest BCUT2D eigenvalue weighted by Crippen LogP contribution is 2.65. The van der Waals surface area contributed by atoms with Gasteiger partial charge in [-0.25, -0.2) is 0 Å². The molecule has 4 unspecified atom stereocenters. The van der Waals surface area contributed by atoms with Crippen LogP contribution in [0.1, 0.15) is 29.3 Å². The largest absolute Gasteiger partial charge is 0.334 e. The minimum Gasteiger partial charge on any atom is -0.334 e. The fourth-order valence-corrected chi connectivity index (χ4v) is 5.34. The van der Waals surface area contributed by atoms with Gasteiger partial charge in [0.2, 0.25) is 0 Å². The Morgan fingerprint density at radius 2 is 2.41 bits per heavy atom. The van der Waals surface area contributed by atoms with E-state index in [2.05, 4.69) is 29.8 Å². The molecule has 1 aromatic heterocycles. The van der Waals surface area contributed by atoms with Crippen LogP contribution in [0.4, 0.5) is 0 Å². The summed E-state index contributed by atoms with van der Waals surface area (Å²) in [4.78, 5) is 18.7. The third-order valence-corrected chi connectivity index (χ3v) is 12.5. The predicted octanol–water partition coefficient (Wildman–Crippen LogP) is 2.73. The van der Waals surface area contributed by atoms with Crippen LogP contribution in [0.5, 0.6) is 0 Å². The van der Waals surface area contributed by atoms with Crippen molar-refractivity contribution in [1.82, 2.24) is 9.88 Å². The van der Waals surface area contributed by atoms with Gasteiger partial charge in [-0.3, -0.25) is 9.78 Å². The van der Waals surface area contributed by atoms with Crippen molar-refractivity contribution in [2.75, 3.05) is 6.54 Å². The monoisotopic (exact) mass is 304 g/mol. The lowest BCUT2D eigenvalue weighted by molar-refractivity contribution is 0.0779. The summed E-state index contributed by atoms with van der Waals surface area (Å²) in [6.45, 7) is 3.69. The van der Waals surface area contributed by atoms with Gasteiger partial charge in [-0.2, -0.15) is 0 Å². The van der Waals surface area contributed by atoms with Crippen LogP contribution in [0.15, 0.2) is 12.3 Å². The summed E-state index contributed by atoms with van der Waals surface area (Å²) >= 11 is 0. The van der Waals surface area contributed by atoms with Gasteiger partial charge in [0.1, 0.15) is 0 Å². The Hall–Kier alpha value is 0.340. The van der Waals surface area contributed by atoms with E-state index < -0.39 is 0 Å². The Morgan fingerprint density at radius 1 is 1.65 bits per heavy atom. The molecular weight excluding hydrogens is 288 g/mol. The molecule has 0 radical (unpaired) electrons. The average molecular weight is 304 g/mol. The minimum absolute atomic E-state index is 0.170. The number of fused-ring (bicyclic) bond motifs is 1. The number of carbonyl (C=O) groups is 1. The molecule has 0 aromatic carbocycles. The fraction of sp³-hybridized carbons (Fsp3) is 0.400. The normalized spacial score (nSPS) is 16.9. The zero-order valence-corrected chi connectivity index (χ0v) is 13.9. The van der Waals surface area contributed by atoms with E-state index in [-0.39, 0.29) is 13.2 Å². The van der Waals surface area contributed by atoms with E-state index in [1.165, 1.54) is 0 Å². The molecule has 0 aliphatic carbocycles. The van der Waals surface area contributed by atoms with Crippen molar-refractivity contribution in [3.63, 3.8) is 0 Å². The number of hydrogen-bond acceptors (Lipinski definition) is 2. The van der Waals surface area contributed by atoms with Crippen molar-refractivity contribution in [2.24, 2.45) is 0 Å². The van der Waals surface area contributed by atoms with E-state index in [1.54, 1.807) is 0 Å². The molecule has 1 aliphatic rings. The predicted molar refractivity (Wildman–Crippen MR) is 83.6 cm³/mol. The zero-order valence-electron chi connectivity index (χ0n) is 9.68. The van der Waals surface area contributed by atoms with Crippen molar-refractivity contribution in [2.45, 2.75) is 19.9 Å². The molecule has 92 valence electrons. The van der Waals surface area contributed by atoms with Crippen LogP contribution in [-0.2, 0) is 6.54 Å². The van der Waals surface area contributed by atoms with Crippen LogP contribution < -0.4 is 5.44 Å². The second-order valence-corrected chi connectivity index (χ2v) is 13.0. The number of carbonyl (C=O) groups excluding carboxylic acids is 1. The Balaban J connectivity index is 2.38. The third-order valence-electron chi connectivity index (χ3n) is 2.74. The number of pyridine rings is 1. The maximum Gasteiger partial charge on any atom is 0.256 e. The van der Waals surface area contributed by atoms with Crippen LogP contribution in [0.2, 0.25) is 0 Å². The quantitative estimate of drug-likeness (QED) is 0.801. The highest BCUT2D eigenvalue weighted by Gasteiger charge is 2.31. The first kappa shape index (κ1) is 13.8. The third kappa shape index (κ3) is 2.69. The van der Waals surface area contributed by atoms with Gasteiger partial charge in [0.25, 0.3) is 5.91 Å². The van der Waals surface area contributed by atoms with Gasteiger partial charge in [0.05, 0.1) is 11.0 Å². The van der Waals surface area contributed by atoms with Gasteiger partial charge in [0, 0.05) is 19.3 Å². The van der Waals surface area contributed by atoms with Gasteiger partial charge >= 0.3 is 0 Å². The van der Waals surface area contributed by atoms with E-state index in [0.717, 1.165) is 44.0 Å². The van der Waals surface area contributed by atoms with E-state index in [4.69, 9.17) is 0 Å². The maximum atomic E-state index is 12.3. The van der Waals surface area contributed by atoms with Crippen LogP contribution in [0.25, 0.3) is 0 Å². The molecule has 0 fully saturated rings. The highest BCUT2D eigenvalue weighted by atomic mass is 32.6. The van der Waals surface area contributed by atoms with E-state index in [9.17, 15) is 4.79 Å². The van der Waals surface area contributed by atoms with Gasteiger partial charge in [-0.15, -0.1) is 17.9 Å². The number of rotatable bonds is 4. The molecule has 0 saturated heterocycles. The van der Waals surface area contributed by atoms with Crippen LogP contribution in [0, 0.1) is 0 Å². The summed E-state index contributed by atoms with van der Waals surface area (Å²) in [5, 5.41) is 0. The summed E-state index contributed by atoms with van der Waals surface area (Å²) in [6.07, 6.45) is 2.84. The SMILES string of the molecule is CCCN1Cc2ccnc(P(P)PP)c2C1=O. The summed E-state index contributed by atoms with van der Waals surface area (Å²) < 4.78 is 0. The smallest absolute Gasteiger partial charge is 0.256 e. The van der Waals surface area contributed by atoms with E-state index in [1.807, 2.05) is 17.2 Å². The maximum absolute atomic E-state index is 12.3. The van der Waals surface area contributed by atoms with Crippen LogP contribution in [-0.4, -0.2) is 22.3 Å². The molecule has 0 N–H and O–H groups in total. The van der Waals surface area contributed by atoms with Gasteiger partial charge < -0.3 is 4.90 Å². The molecule has 2 heterocycles. The Bertz CT molecular complexity index is 440. The fourth-order valence-electron chi connectivity index (χ4n) is 1.98. The topological polar surface area (TPSA) is 33.2 Å². The number of hydrogen-bond donors (Lipinski definition) is 0. The summed E-state index contributed by atoms with van der Waals surface area (Å²) in [5.41, 5.74) is 3.02. The van der Waals surface area contributed by atoms with E-state index >= 15 is 0 Å². The highest BCUT2D eigenvalue weighted by molar-refractivity contribution is 8.63. The van der Waals surface area contributed by atoms with Crippen LogP contribution >= 0.6 is 33.1 Å². The lowest BCUT2D eigenvalue weighted by atomic mass is 10.2. The number of amides is 1. The number of nitrogens with zero attached hydrogens (tertiary/aromatic N) is 2. The first-order valence-corrected chi connectivity index (χ1v) is 12.1. The van der Waals surface area contributed by atoms with Gasteiger partial charge in [-0.1, -0.05) is 14.9 Å². The number of aromatic nitrogens is 1. The van der Waals surface area contributed by atoms with E-state index in [0.29, 0.717) is 0 Å². The average Bonchev–Trinajstić information content (AvgIpc) is 2.66. The van der Waals surface area contributed by atoms with Crippen molar-refractivity contribution in [1.29, 1.82) is 0 Å². The second-order valence-electron chi connectivity index (χ2n) is 3.89. The van der Waals surface area contributed by atoms with Gasteiger partial charge in [-0.05, 0) is 25.3 Å². The molecule has 1 amide bonds. The molecule has 2 rings (SSSR count). The standard InChI is InChI=1S/C10H16N2OP4/c1-2-5-12-6-7-3-4-11-9(17(15)16-14)8(7)10(12)13/h3-4,16H,2,5-6,14-15H2,1H3. The lowest BCUT2D eigenvalue weighted by Gasteiger charge is -2.14. The molecular formula is C10H16N2OP4. The molecule has 0 spiro atoms. The molecule has 4 atom stereocenters. The molecule has 0 bridgehead atoms. The Kier molecular flexibility index (Phi) is 4.85. The van der Waals surface area contributed by atoms with Crippen molar-refractivity contribution < 1.29 is 4.79 Å². The van der Waals surface area contributed by atoms with Gasteiger partial charge in [0.15, 0.2) is 0 Å². The Labute approximate surface area is 109 Å². The summed E-state index contributed by atoms with van der Waals surface area (Å²) in [7, 11) is 5.94. The first-order valence-electron chi connectivity index (χ1n) is 5.47. The first-order chi connectivity index (χ1) is 8.19. The van der Waals surface area contributed by atoms with Crippen molar-refractivity contribution in [3.05, 3.63) is 23.4 Å². The molecule has 1 aromatic rings. The van der Waals surface area contributed by atoms with Crippen molar-refractivity contribution in [3.8, 4) is 0 Å². The second kappa shape index (κ2) is 5.99. The van der Waals surface area contributed by atoms with Crippen LogP contribution in [0.3, 0.4) is 0 Å². The molecule has 3 nitrogen and oxygen atoms in total. The summed E-state index contributed by atoms with van der Waals surface area (Å²) in [5.74, 6) is 0.170. The minimum atomic E-state index is -0.382. The zero-order chi connectivity index (χ0) is 12.4. The molecule has 0 saturated carbocycles.